The van der Waals surface area contributed by atoms with Crippen LogP contribution in [0.15, 0.2) is 9.52 Å². The molecule has 0 N–H and O–H groups in total. The van der Waals surface area contributed by atoms with Crippen LogP contribution in [0.25, 0.3) is 0 Å². The topological polar surface area (TPSA) is 26.3 Å². The van der Waals surface area contributed by atoms with E-state index in [1.807, 2.05) is 0 Å². The van der Waals surface area contributed by atoms with Gasteiger partial charge in [-0.05, 0) is 30.6 Å². The third kappa shape index (κ3) is 2.66. The average Bonchev–Trinajstić information content (AvgIpc) is 2.66. The SMILES string of the molecule is CC1(C)[C@H]2CC[C@H]1[C@H](OC(=O)CC(Cl)=C(Cl)Cl)C2. The largest absolute Gasteiger partial charge is 0.462 e. The zero-order chi connectivity index (χ0) is 13.5. The summed E-state index contributed by atoms with van der Waals surface area (Å²) in [5.41, 5.74) is 0.286. The molecule has 0 heterocycles. The van der Waals surface area contributed by atoms with Gasteiger partial charge >= 0.3 is 5.97 Å². The molecule has 2 rings (SSSR count). The molecule has 102 valence electrons. The van der Waals surface area contributed by atoms with Crippen molar-refractivity contribution < 1.29 is 9.53 Å². The summed E-state index contributed by atoms with van der Waals surface area (Å²) >= 11 is 16.8. The van der Waals surface area contributed by atoms with Crippen LogP contribution in [0, 0.1) is 17.3 Å². The first kappa shape index (κ1) is 14.5. The van der Waals surface area contributed by atoms with Crippen LogP contribution < -0.4 is 0 Å². The highest BCUT2D eigenvalue weighted by Gasteiger charge is 2.54. The lowest BCUT2D eigenvalue weighted by Crippen LogP contribution is -2.27. The van der Waals surface area contributed by atoms with Crippen LogP contribution in [0.3, 0.4) is 0 Å². The maximum absolute atomic E-state index is 11.7. The molecule has 0 radical (unpaired) electrons. The van der Waals surface area contributed by atoms with E-state index in [1.165, 1.54) is 6.42 Å². The Labute approximate surface area is 123 Å². The molecule has 0 aromatic heterocycles. The Kier molecular flexibility index (Phi) is 4.20. The molecular weight excluding hydrogens is 294 g/mol. The highest BCUT2D eigenvalue weighted by atomic mass is 35.5. The Hall–Kier alpha value is 0.0800. The molecule has 0 unspecified atom stereocenters. The third-order valence-electron chi connectivity index (χ3n) is 4.59. The number of ether oxygens (including phenoxy) is 1. The monoisotopic (exact) mass is 310 g/mol. The molecule has 2 fully saturated rings. The van der Waals surface area contributed by atoms with Crippen molar-refractivity contribution in [3.63, 3.8) is 0 Å². The van der Waals surface area contributed by atoms with Gasteiger partial charge in [0.05, 0.1) is 11.5 Å². The van der Waals surface area contributed by atoms with Crippen molar-refractivity contribution in [2.45, 2.75) is 45.6 Å². The van der Waals surface area contributed by atoms with Gasteiger partial charge in [0.2, 0.25) is 0 Å². The number of rotatable bonds is 3. The Morgan fingerprint density at radius 1 is 1.28 bits per heavy atom. The van der Waals surface area contributed by atoms with Crippen LogP contribution in [0.2, 0.25) is 0 Å². The van der Waals surface area contributed by atoms with Gasteiger partial charge in [0, 0.05) is 5.92 Å². The molecule has 3 atom stereocenters. The molecule has 0 amide bonds. The van der Waals surface area contributed by atoms with Crippen LogP contribution in [0.1, 0.15) is 39.5 Å². The molecular formula is C13H17Cl3O2. The van der Waals surface area contributed by atoms with Crippen LogP contribution in [-0.4, -0.2) is 12.1 Å². The minimum absolute atomic E-state index is 0.0322. The molecule has 2 nitrogen and oxygen atoms in total. The Morgan fingerprint density at radius 3 is 2.39 bits per heavy atom. The first-order valence-electron chi connectivity index (χ1n) is 6.21. The highest BCUT2D eigenvalue weighted by molar-refractivity contribution is 6.59. The summed E-state index contributed by atoms with van der Waals surface area (Å²) in [7, 11) is 0. The smallest absolute Gasteiger partial charge is 0.311 e. The number of fused-ring (bicyclic) bond motifs is 2. The van der Waals surface area contributed by atoms with Crippen molar-refractivity contribution in [2.75, 3.05) is 0 Å². The Balaban J connectivity index is 1.93. The number of hydrogen-bond donors (Lipinski definition) is 0. The number of esters is 1. The second-order valence-electron chi connectivity index (χ2n) is 5.81. The summed E-state index contributed by atoms with van der Waals surface area (Å²) in [6.07, 6.45) is 3.36. The fraction of sp³-hybridized carbons (Fsp3) is 0.769. The van der Waals surface area contributed by atoms with Gasteiger partial charge in [-0.15, -0.1) is 0 Å². The predicted molar refractivity (Wildman–Crippen MR) is 73.7 cm³/mol. The van der Waals surface area contributed by atoms with Gasteiger partial charge in [-0.3, -0.25) is 4.79 Å². The van der Waals surface area contributed by atoms with Gasteiger partial charge in [-0.1, -0.05) is 48.7 Å². The lowest BCUT2D eigenvalue weighted by atomic mass is 9.82. The van der Waals surface area contributed by atoms with E-state index in [9.17, 15) is 4.79 Å². The van der Waals surface area contributed by atoms with Gasteiger partial charge in [0.25, 0.3) is 0 Å². The molecule has 0 spiro atoms. The van der Waals surface area contributed by atoms with Gasteiger partial charge in [-0.2, -0.15) is 0 Å². The van der Waals surface area contributed by atoms with Gasteiger partial charge in [0.1, 0.15) is 10.6 Å². The summed E-state index contributed by atoms with van der Waals surface area (Å²) < 4.78 is 5.46. The van der Waals surface area contributed by atoms with E-state index in [0.29, 0.717) is 11.8 Å². The molecule has 0 aromatic rings. The first-order chi connectivity index (χ1) is 8.32. The van der Waals surface area contributed by atoms with E-state index in [1.54, 1.807) is 0 Å². The molecule has 0 saturated heterocycles. The minimum atomic E-state index is -0.341. The molecule has 2 aliphatic carbocycles. The standard InChI is InChI=1S/C13H17Cl3O2/c1-13(2)7-3-4-8(13)10(5-7)18-11(17)6-9(14)12(15)16/h7-8,10H,3-6H2,1-2H3/t7-,8-,10+/m0/s1. The zero-order valence-corrected chi connectivity index (χ0v) is 12.8. The molecule has 0 aliphatic heterocycles. The average molecular weight is 312 g/mol. The Morgan fingerprint density at radius 2 is 1.94 bits per heavy atom. The second-order valence-corrected chi connectivity index (χ2v) is 7.21. The minimum Gasteiger partial charge on any atom is -0.462 e. The summed E-state index contributed by atoms with van der Waals surface area (Å²) in [4.78, 5) is 11.7. The fourth-order valence-corrected chi connectivity index (χ4v) is 3.74. The van der Waals surface area contributed by atoms with Crippen molar-refractivity contribution in [2.24, 2.45) is 17.3 Å². The molecule has 18 heavy (non-hydrogen) atoms. The van der Waals surface area contributed by atoms with Crippen molar-refractivity contribution in [3.8, 4) is 0 Å². The quantitative estimate of drug-likeness (QED) is 0.710. The normalized spacial score (nSPS) is 32.4. The first-order valence-corrected chi connectivity index (χ1v) is 7.35. The highest BCUT2D eigenvalue weighted by Crippen LogP contribution is 2.58. The van der Waals surface area contributed by atoms with Crippen molar-refractivity contribution in [1.29, 1.82) is 0 Å². The summed E-state index contributed by atoms with van der Waals surface area (Å²) in [5, 5.41) is 0.144. The van der Waals surface area contributed by atoms with Crippen LogP contribution in [0.5, 0.6) is 0 Å². The molecule has 2 aliphatic rings. The summed E-state index contributed by atoms with van der Waals surface area (Å²) in [6, 6.07) is 0. The third-order valence-corrected chi connectivity index (χ3v) is 5.56. The van der Waals surface area contributed by atoms with E-state index < -0.39 is 0 Å². The molecule has 0 aromatic carbocycles. The van der Waals surface area contributed by atoms with E-state index in [0.717, 1.165) is 12.8 Å². The summed E-state index contributed by atoms with van der Waals surface area (Å²) in [5.74, 6) is 0.802. The maximum atomic E-state index is 11.7. The van der Waals surface area contributed by atoms with Crippen molar-refractivity contribution >= 4 is 40.8 Å². The van der Waals surface area contributed by atoms with E-state index in [2.05, 4.69) is 13.8 Å². The van der Waals surface area contributed by atoms with Crippen LogP contribution in [0.4, 0.5) is 0 Å². The predicted octanol–water partition coefficient (Wildman–Crippen LogP) is 4.63. The van der Waals surface area contributed by atoms with Gasteiger partial charge in [0.15, 0.2) is 0 Å². The lowest BCUT2D eigenvalue weighted by molar-refractivity contribution is -0.151. The molecule has 5 heteroatoms. The summed E-state index contributed by atoms with van der Waals surface area (Å²) in [6.45, 7) is 4.54. The van der Waals surface area contributed by atoms with E-state index in [4.69, 9.17) is 39.5 Å². The van der Waals surface area contributed by atoms with E-state index >= 15 is 0 Å². The second kappa shape index (κ2) is 5.22. The number of halogens is 3. The number of carbonyl (C=O) groups is 1. The van der Waals surface area contributed by atoms with E-state index in [-0.39, 0.29) is 33.4 Å². The van der Waals surface area contributed by atoms with Crippen molar-refractivity contribution in [1.82, 2.24) is 0 Å². The van der Waals surface area contributed by atoms with Crippen LogP contribution in [-0.2, 0) is 9.53 Å². The number of hydrogen-bond acceptors (Lipinski definition) is 2. The lowest BCUT2D eigenvalue weighted by Gasteiger charge is -2.26. The molecule has 2 saturated carbocycles. The van der Waals surface area contributed by atoms with Crippen LogP contribution >= 0.6 is 34.8 Å². The molecule has 2 bridgehead atoms. The van der Waals surface area contributed by atoms with Gasteiger partial charge in [-0.25, -0.2) is 0 Å². The zero-order valence-electron chi connectivity index (χ0n) is 10.5. The van der Waals surface area contributed by atoms with Gasteiger partial charge < -0.3 is 4.74 Å². The number of carbonyl (C=O) groups excluding carboxylic acids is 1. The fourth-order valence-electron chi connectivity index (χ4n) is 3.49. The Bertz CT molecular complexity index is 386. The van der Waals surface area contributed by atoms with Crippen molar-refractivity contribution in [3.05, 3.63) is 9.52 Å². The maximum Gasteiger partial charge on any atom is 0.311 e.